The summed E-state index contributed by atoms with van der Waals surface area (Å²) in [6, 6.07) is 0. The van der Waals surface area contributed by atoms with E-state index in [4.69, 9.17) is 4.74 Å². The highest BCUT2D eigenvalue weighted by molar-refractivity contribution is 6.38. The second kappa shape index (κ2) is 11.6. The number of aldehydes is 1. The summed E-state index contributed by atoms with van der Waals surface area (Å²) >= 11 is 0. The SMILES string of the molecule is C=CC1=C(C)C(C=O)=N/C1=C\c1[nH]c(/C=c2/[nH]c3c(c2C)C(=O)CC=3C2=NC(=O)[C@@H](C)[C@@H]2CCC(=O)OC)c(CC)c1C. The molecule has 1 amide bonds. The number of aromatic amines is 2. The van der Waals surface area contributed by atoms with E-state index in [1.165, 1.54) is 7.11 Å². The number of carbonyl (C=O) groups excluding carboxylic acids is 4. The lowest BCUT2D eigenvalue weighted by Gasteiger charge is -2.16. The van der Waals surface area contributed by atoms with Crippen LogP contribution >= 0.6 is 0 Å². The van der Waals surface area contributed by atoms with Gasteiger partial charge in [0, 0.05) is 58.1 Å². The third kappa shape index (κ3) is 5.02. The molecule has 43 heavy (non-hydrogen) atoms. The smallest absolute Gasteiger partial charge is 0.305 e. The molecule has 5 rings (SSSR count). The molecule has 0 unspecified atom stereocenters. The van der Waals surface area contributed by atoms with Crippen LogP contribution in [0.15, 0.2) is 39.5 Å². The van der Waals surface area contributed by atoms with Crippen molar-refractivity contribution in [2.45, 2.75) is 60.3 Å². The summed E-state index contributed by atoms with van der Waals surface area (Å²) in [7, 11) is 1.34. The molecule has 0 spiro atoms. The van der Waals surface area contributed by atoms with Crippen LogP contribution in [0.1, 0.15) is 78.5 Å². The number of aliphatic imine (C=N–C) groups is 2. The van der Waals surface area contributed by atoms with Gasteiger partial charge in [0.2, 0.25) is 5.91 Å². The number of esters is 1. The predicted octanol–water partition coefficient (Wildman–Crippen LogP) is 3.77. The molecule has 9 heteroatoms. The second-order valence-electron chi connectivity index (χ2n) is 11.3. The van der Waals surface area contributed by atoms with Gasteiger partial charge in [-0.25, -0.2) is 9.98 Å². The van der Waals surface area contributed by atoms with Gasteiger partial charge < -0.3 is 14.7 Å². The molecule has 222 valence electrons. The predicted molar refractivity (Wildman–Crippen MR) is 166 cm³/mol. The molecular formula is C34H36N4O5. The quantitative estimate of drug-likeness (QED) is 0.344. The summed E-state index contributed by atoms with van der Waals surface area (Å²) in [6.45, 7) is 13.6. The van der Waals surface area contributed by atoms with Crippen LogP contribution in [-0.4, -0.2) is 52.4 Å². The van der Waals surface area contributed by atoms with Crippen LogP contribution in [0.25, 0.3) is 17.7 Å². The summed E-state index contributed by atoms with van der Waals surface area (Å²) < 4.78 is 4.80. The van der Waals surface area contributed by atoms with Gasteiger partial charge in [0.05, 0.1) is 23.9 Å². The molecule has 2 aromatic rings. The van der Waals surface area contributed by atoms with E-state index in [9.17, 15) is 19.2 Å². The molecule has 0 aromatic carbocycles. The summed E-state index contributed by atoms with van der Waals surface area (Å²) in [5.74, 6) is -1.23. The first-order chi connectivity index (χ1) is 20.5. The molecule has 2 aromatic heterocycles. The molecule has 2 N–H and O–H groups in total. The van der Waals surface area contributed by atoms with Crippen LogP contribution in [-0.2, 0) is 25.5 Å². The van der Waals surface area contributed by atoms with Crippen molar-refractivity contribution < 1.29 is 23.9 Å². The number of ketones is 1. The maximum Gasteiger partial charge on any atom is 0.305 e. The van der Waals surface area contributed by atoms with E-state index in [0.717, 1.165) is 62.9 Å². The van der Waals surface area contributed by atoms with Crippen molar-refractivity contribution >= 4 is 53.1 Å². The van der Waals surface area contributed by atoms with Crippen molar-refractivity contribution in [3.63, 3.8) is 0 Å². The normalized spacial score (nSPS) is 21.2. The fraction of sp³-hybridized carbons (Fsp3) is 0.353. The van der Waals surface area contributed by atoms with Crippen LogP contribution in [0.2, 0.25) is 0 Å². The molecule has 0 fully saturated rings. The van der Waals surface area contributed by atoms with Crippen molar-refractivity contribution in [1.82, 2.24) is 9.97 Å². The third-order valence-electron chi connectivity index (χ3n) is 8.97. The van der Waals surface area contributed by atoms with E-state index < -0.39 is 0 Å². The molecule has 3 aliphatic rings. The van der Waals surface area contributed by atoms with Gasteiger partial charge in [0.25, 0.3) is 0 Å². The van der Waals surface area contributed by atoms with Crippen molar-refractivity contribution in [3.05, 3.63) is 73.8 Å². The average Bonchev–Trinajstić information content (AvgIpc) is 3.74. The van der Waals surface area contributed by atoms with Crippen LogP contribution in [0, 0.1) is 25.7 Å². The van der Waals surface area contributed by atoms with E-state index >= 15 is 0 Å². The Morgan fingerprint density at radius 3 is 2.49 bits per heavy atom. The monoisotopic (exact) mass is 580 g/mol. The number of aromatic nitrogens is 2. The van der Waals surface area contributed by atoms with E-state index in [1.807, 2.05) is 39.8 Å². The fourth-order valence-corrected chi connectivity index (χ4v) is 6.42. The van der Waals surface area contributed by atoms with Gasteiger partial charge in [-0.1, -0.05) is 26.5 Å². The van der Waals surface area contributed by atoms with Crippen molar-refractivity contribution in [2.75, 3.05) is 7.11 Å². The Labute approximate surface area is 249 Å². The summed E-state index contributed by atoms with van der Waals surface area (Å²) in [6.07, 6.45) is 7.95. The van der Waals surface area contributed by atoms with Crippen LogP contribution < -0.4 is 10.7 Å². The number of methoxy groups -OCH3 is 1. The third-order valence-corrected chi connectivity index (χ3v) is 8.97. The molecule has 4 heterocycles. The molecule has 0 radical (unpaired) electrons. The zero-order chi connectivity index (χ0) is 31.2. The largest absolute Gasteiger partial charge is 0.469 e. The number of H-pyrrole nitrogens is 2. The number of ether oxygens (including phenoxy) is 1. The zero-order valence-electron chi connectivity index (χ0n) is 25.4. The minimum atomic E-state index is -0.373. The minimum absolute atomic E-state index is 0.0205. The van der Waals surface area contributed by atoms with E-state index in [0.29, 0.717) is 34.5 Å². The Kier molecular flexibility index (Phi) is 8.01. The van der Waals surface area contributed by atoms with Crippen molar-refractivity contribution in [2.24, 2.45) is 21.8 Å². The van der Waals surface area contributed by atoms with Gasteiger partial charge in [-0.3, -0.25) is 19.2 Å². The molecule has 1 aliphatic carbocycles. The maximum absolute atomic E-state index is 13.3. The molecule has 0 saturated carbocycles. The number of hydrogen-bond donors (Lipinski definition) is 2. The van der Waals surface area contributed by atoms with Crippen molar-refractivity contribution in [1.29, 1.82) is 0 Å². The number of allylic oxidation sites excluding steroid dienone is 2. The van der Waals surface area contributed by atoms with Crippen LogP contribution in [0.3, 0.4) is 0 Å². The summed E-state index contributed by atoms with van der Waals surface area (Å²) in [5, 5.41) is 1.48. The maximum atomic E-state index is 13.3. The highest BCUT2D eigenvalue weighted by atomic mass is 16.5. The Balaban J connectivity index is 1.60. The number of nitrogens with one attached hydrogen (secondary N) is 2. The Hall–Kier alpha value is -4.66. The molecule has 2 aliphatic heterocycles. The Morgan fingerprint density at radius 2 is 1.84 bits per heavy atom. The van der Waals surface area contributed by atoms with Gasteiger partial charge in [-0.15, -0.1) is 0 Å². The lowest BCUT2D eigenvalue weighted by atomic mass is 9.84. The van der Waals surface area contributed by atoms with Gasteiger partial charge >= 0.3 is 5.97 Å². The van der Waals surface area contributed by atoms with E-state index in [1.54, 1.807) is 6.08 Å². The molecule has 0 bridgehead atoms. The zero-order valence-corrected chi connectivity index (χ0v) is 25.4. The topological polar surface area (TPSA) is 134 Å². The first-order valence-electron chi connectivity index (χ1n) is 14.5. The fourth-order valence-electron chi connectivity index (χ4n) is 6.42. The van der Waals surface area contributed by atoms with Gasteiger partial charge in [0.15, 0.2) is 12.1 Å². The molecule has 9 nitrogen and oxygen atoms in total. The molecular weight excluding hydrogens is 544 g/mol. The summed E-state index contributed by atoms with van der Waals surface area (Å²) in [5.41, 5.74) is 9.43. The van der Waals surface area contributed by atoms with E-state index in [2.05, 4.69) is 33.5 Å². The summed E-state index contributed by atoms with van der Waals surface area (Å²) in [4.78, 5) is 65.1. The number of carbonyl (C=O) groups is 4. The number of nitrogens with zero attached hydrogens (tertiary/aromatic N) is 2. The van der Waals surface area contributed by atoms with Gasteiger partial charge in [0.1, 0.15) is 5.71 Å². The lowest BCUT2D eigenvalue weighted by Crippen LogP contribution is -2.24. The lowest BCUT2D eigenvalue weighted by molar-refractivity contribution is -0.141. The van der Waals surface area contributed by atoms with Gasteiger partial charge in [-0.2, -0.15) is 0 Å². The minimum Gasteiger partial charge on any atom is -0.469 e. The van der Waals surface area contributed by atoms with E-state index in [-0.39, 0.29) is 42.3 Å². The molecule has 2 atom stereocenters. The van der Waals surface area contributed by atoms with Crippen LogP contribution in [0.4, 0.5) is 0 Å². The number of fused-ring (bicyclic) bond motifs is 1. The first-order valence-corrected chi connectivity index (χ1v) is 14.5. The Bertz CT molecular complexity index is 1860. The number of amides is 1. The second-order valence-corrected chi connectivity index (χ2v) is 11.3. The van der Waals surface area contributed by atoms with Crippen molar-refractivity contribution in [3.8, 4) is 0 Å². The standard InChI is InChI=1S/C34H36N4O5/c1-8-20-16(3)24(13-27-21(9-2)17(4)28(15-39)36-27)35-26(20)14-25-19(6)31-29(40)12-23(33(31)37-25)32-22(10-11-30(41)43-7)18(5)34(42)38-32/h9,13-15,18,22,35,37H,2,8,10-12H2,1,3-7H3/b25-14+,27-13-/t18-,22-/m0/s1. The van der Waals surface area contributed by atoms with Crippen LogP contribution in [0.5, 0.6) is 0 Å². The number of hydrogen-bond acceptors (Lipinski definition) is 6. The highest BCUT2D eigenvalue weighted by Gasteiger charge is 2.39. The Morgan fingerprint density at radius 1 is 1.09 bits per heavy atom. The number of rotatable bonds is 9. The molecule has 0 saturated heterocycles. The first kappa shape index (κ1) is 29.8. The average molecular weight is 581 g/mol. The van der Waals surface area contributed by atoms with Gasteiger partial charge in [-0.05, 0) is 68.0 Å². The number of Topliss-reactive ketones (excluding diaryl/α,β-unsaturated/α-hetero) is 1. The highest BCUT2D eigenvalue weighted by Crippen LogP contribution is 2.34.